The van der Waals surface area contributed by atoms with E-state index >= 15 is 0 Å². The summed E-state index contributed by atoms with van der Waals surface area (Å²) in [4.78, 5) is 38.2. The van der Waals surface area contributed by atoms with E-state index in [1.165, 1.54) is 17.1 Å². The summed E-state index contributed by atoms with van der Waals surface area (Å²) < 4.78 is 6.64. The number of carbonyl (C=O) groups excluding carboxylic acids is 2. The molecule has 31 heavy (non-hydrogen) atoms. The highest BCUT2D eigenvalue weighted by atomic mass is 16.7. The van der Waals surface area contributed by atoms with Crippen molar-refractivity contribution in [3.63, 3.8) is 0 Å². The minimum atomic E-state index is -0.901. The molecular weight excluding hydrogens is 402 g/mol. The molecule has 1 aromatic carbocycles. The normalized spacial score (nSPS) is 19.7. The smallest absolute Gasteiger partial charge is 0.345 e. The Hall–Kier alpha value is -3.40. The fourth-order valence-electron chi connectivity index (χ4n) is 3.82. The van der Waals surface area contributed by atoms with Gasteiger partial charge in [-0.3, -0.25) is 9.52 Å². The van der Waals surface area contributed by atoms with Crippen molar-refractivity contribution in [2.24, 2.45) is 5.16 Å². The van der Waals surface area contributed by atoms with Crippen molar-refractivity contribution < 1.29 is 24.0 Å². The number of hydrogen-bond acceptors (Lipinski definition) is 7. The largest absolute Gasteiger partial charge is 0.467 e. The molecule has 2 aliphatic heterocycles. The number of fused-ring (bicyclic) bond motifs is 4. The van der Waals surface area contributed by atoms with Crippen molar-refractivity contribution in [1.29, 1.82) is 0 Å². The molecule has 1 fully saturated rings. The number of ether oxygens (including phenoxy) is 1. The van der Waals surface area contributed by atoms with Crippen LogP contribution in [0.3, 0.4) is 0 Å². The lowest BCUT2D eigenvalue weighted by Crippen LogP contribution is -2.40. The number of hydrogen-bond donors (Lipinski definition) is 0. The van der Waals surface area contributed by atoms with Gasteiger partial charge < -0.3 is 14.5 Å². The SMILES string of the molecule is CCCO/N=C/Cn1ncc2c1[C@@H](C(=O)OC)N1C[C@@H]2N(OCc2ccccc2)C1=O. The number of oxime groups is 1. The van der Waals surface area contributed by atoms with Gasteiger partial charge in [0.2, 0.25) is 0 Å². The van der Waals surface area contributed by atoms with Gasteiger partial charge in [0, 0.05) is 5.56 Å². The van der Waals surface area contributed by atoms with Crippen LogP contribution in [0.5, 0.6) is 0 Å². The molecule has 2 bridgehead atoms. The topological polar surface area (TPSA) is 98.5 Å². The molecule has 2 aliphatic rings. The molecule has 0 aliphatic carbocycles. The van der Waals surface area contributed by atoms with Gasteiger partial charge in [-0.05, 0) is 12.0 Å². The average Bonchev–Trinajstić information content (AvgIpc) is 3.33. The van der Waals surface area contributed by atoms with Crippen LogP contribution in [-0.2, 0) is 32.4 Å². The Kier molecular flexibility index (Phi) is 6.17. The lowest BCUT2D eigenvalue weighted by molar-refractivity contribution is -0.146. The number of rotatable bonds is 9. The van der Waals surface area contributed by atoms with Crippen molar-refractivity contribution in [1.82, 2.24) is 19.7 Å². The van der Waals surface area contributed by atoms with Crippen LogP contribution in [0.1, 0.15) is 42.2 Å². The third-order valence-electron chi connectivity index (χ3n) is 5.26. The van der Waals surface area contributed by atoms with E-state index in [2.05, 4.69) is 10.3 Å². The third kappa shape index (κ3) is 3.98. The van der Waals surface area contributed by atoms with Crippen LogP contribution in [0, 0.1) is 0 Å². The first-order valence-corrected chi connectivity index (χ1v) is 10.2. The molecular formula is C21H25N5O5. The Labute approximate surface area is 179 Å². The number of amides is 2. The van der Waals surface area contributed by atoms with Gasteiger partial charge in [0.05, 0.1) is 38.3 Å². The standard InChI is InChI=1S/C21H25N5O5/c1-3-11-30-23-9-10-25-18-16(12-22-25)17-13-24(19(18)20(27)29-2)21(28)26(17)31-14-15-7-5-4-6-8-15/h4-9,12,17,19H,3,10-11,13-14H2,1-2H3/b23-9+/t17-,19-/m0/s1. The van der Waals surface area contributed by atoms with Crippen LogP contribution in [0.2, 0.25) is 0 Å². The number of aromatic nitrogens is 2. The molecule has 0 unspecified atom stereocenters. The van der Waals surface area contributed by atoms with Crippen LogP contribution in [0.25, 0.3) is 0 Å². The van der Waals surface area contributed by atoms with Crippen molar-refractivity contribution in [2.45, 2.75) is 38.6 Å². The first-order chi connectivity index (χ1) is 15.2. The van der Waals surface area contributed by atoms with Crippen LogP contribution in [-0.4, -0.2) is 58.2 Å². The van der Waals surface area contributed by atoms with Crippen LogP contribution in [0.15, 0.2) is 41.7 Å². The number of nitrogens with zero attached hydrogens (tertiary/aromatic N) is 5. The Balaban J connectivity index is 1.60. The summed E-state index contributed by atoms with van der Waals surface area (Å²) in [5.74, 6) is -0.529. The number of esters is 1. The van der Waals surface area contributed by atoms with Gasteiger partial charge in [-0.1, -0.05) is 42.4 Å². The lowest BCUT2D eigenvalue weighted by Gasteiger charge is -2.29. The fourth-order valence-corrected chi connectivity index (χ4v) is 3.82. The van der Waals surface area contributed by atoms with Crippen molar-refractivity contribution in [2.75, 3.05) is 20.3 Å². The van der Waals surface area contributed by atoms with Crippen LogP contribution >= 0.6 is 0 Å². The van der Waals surface area contributed by atoms with Crippen molar-refractivity contribution >= 4 is 18.2 Å². The molecule has 0 N–H and O–H groups in total. The number of carbonyl (C=O) groups is 2. The van der Waals surface area contributed by atoms with E-state index in [9.17, 15) is 9.59 Å². The number of methoxy groups -OCH3 is 1. The number of hydroxylamine groups is 2. The van der Waals surface area contributed by atoms with Crippen LogP contribution < -0.4 is 0 Å². The molecule has 0 radical (unpaired) electrons. The highest BCUT2D eigenvalue weighted by molar-refractivity contribution is 5.87. The summed E-state index contributed by atoms with van der Waals surface area (Å²) >= 11 is 0. The summed E-state index contributed by atoms with van der Waals surface area (Å²) in [7, 11) is 1.30. The number of benzene rings is 1. The second-order valence-electron chi connectivity index (χ2n) is 7.25. The Morgan fingerprint density at radius 1 is 1.32 bits per heavy atom. The molecule has 2 amide bonds. The zero-order valence-corrected chi connectivity index (χ0v) is 17.5. The Morgan fingerprint density at radius 3 is 2.87 bits per heavy atom. The maximum Gasteiger partial charge on any atom is 0.345 e. The molecule has 2 aromatic rings. The molecule has 4 rings (SSSR count). The fraction of sp³-hybridized carbons (Fsp3) is 0.429. The third-order valence-corrected chi connectivity index (χ3v) is 5.26. The summed E-state index contributed by atoms with van der Waals surface area (Å²) in [5.41, 5.74) is 2.30. The summed E-state index contributed by atoms with van der Waals surface area (Å²) in [6, 6.07) is 7.94. The minimum Gasteiger partial charge on any atom is -0.467 e. The molecule has 1 aromatic heterocycles. The molecule has 3 heterocycles. The van der Waals surface area contributed by atoms with Crippen molar-refractivity contribution in [3.8, 4) is 0 Å². The molecule has 10 heteroatoms. The summed E-state index contributed by atoms with van der Waals surface area (Å²) in [5, 5.41) is 9.66. The highest BCUT2D eigenvalue weighted by Gasteiger charge is 2.53. The van der Waals surface area contributed by atoms with E-state index in [-0.39, 0.29) is 18.7 Å². The monoisotopic (exact) mass is 427 g/mol. The van der Waals surface area contributed by atoms with Gasteiger partial charge in [-0.2, -0.15) is 10.2 Å². The zero-order valence-electron chi connectivity index (χ0n) is 17.5. The molecule has 1 saturated heterocycles. The Bertz CT molecular complexity index is 960. The van der Waals surface area contributed by atoms with Gasteiger partial charge in [0.15, 0.2) is 6.04 Å². The van der Waals surface area contributed by atoms with Crippen LogP contribution in [0.4, 0.5) is 4.79 Å². The van der Waals surface area contributed by atoms with E-state index in [1.807, 2.05) is 37.3 Å². The Morgan fingerprint density at radius 2 is 2.13 bits per heavy atom. The molecule has 10 nitrogen and oxygen atoms in total. The summed E-state index contributed by atoms with van der Waals surface area (Å²) in [6.45, 7) is 3.38. The van der Waals surface area contributed by atoms with E-state index < -0.39 is 12.0 Å². The lowest BCUT2D eigenvalue weighted by atomic mass is 9.98. The predicted octanol–water partition coefficient (Wildman–Crippen LogP) is 2.43. The van der Waals surface area contributed by atoms with Gasteiger partial charge in [0.1, 0.15) is 19.3 Å². The maximum absolute atomic E-state index is 13.1. The second kappa shape index (κ2) is 9.17. The zero-order chi connectivity index (χ0) is 21.8. The first-order valence-electron chi connectivity index (χ1n) is 10.2. The quantitative estimate of drug-likeness (QED) is 0.264. The van der Waals surface area contributed by atoms with E-state index in [1.54, 1.807) is 17.1 Å². The van der Waals surface area contributed by atoms with Gasteiger partial charge in [0.25, 0.3) is 0 Å². The number of urea groups is 1. The van der Waals surface area contributed by atoms with Gasteiger partial charge >= 0.3 is 12.0 Å². The maximum atomic E-state index is 13.1. The molecule has 164 valence electrons. The van der Waals surface area contributed by atoms with Gasteiger partial charge in [-0.15, -0.1) is 0 Å². The predicted molar refractivity (Wildman–Crippen MR) is 110 cm³/mol. The molecule has 2 atom stereocenters. The highest BCUT2D eigenvalue weighted by Crippen LogP contribution is 2.44. The van der Waals surface area contributed by atoms with E-state index in [0.29, 0.717) is 25.4 Å². The molecule has 0 spiro atoms. The first kappa shape index (κ1) is 20.9. The second-order valence-corrected chi connectivity index (χ2v) is 7.25. The van der Waals surface area contributed by atoms with E-state index in [0.717, 1.165) is 17.5 Å². The molecule has 0 saturated carbocycles. The van der Waals surface area contributed by atoms with Crippen molar-refractivity contribution in [3.05, 3.63) is 53.3 Å². The minimum absolute atomic E-state index is 0.241. The van der Waals surface area contributed by atoms with E-state index in [4.69, 9.17) is 14.4 Å². The average molecular weight is 427 g/mol. The summed E-state index contributed by atoms with van der Waals surface area (Å²) in [6.07, 6.45) is 4.11. The van der Waals surface area contributed by atoms with Gasteiger partial charge in [-0.25, -0.2) is 9.59 Å².